The number of Topliss-reactive ketones (excluding diaryl/α,β-unsaturated/α-hetero) is 1. The minimum Gasteiger partial charge on any atom is -0.383 e. The van der Waals surface area contributed by atoms with E-state index in [1.807, 2.05) is 41.3 Å². The third-order valence-electron chi connectivity index (χ3n) is 7.09. The van der Waals surface area contributed by atoms with Crippen molar-refractivity contribution in [3.8, 4) is 0 Å². The molecule has 2 aliphatic rings. The first kappa shape index (κ1) is 24.5. The molecule has 2 fully saturated rings. The number of methoxy groups -OCH3 is 1. The van der Waals surface area contributed by atoms with Gasteiger partial charge in [0.1, 0.15) is 5.82 Å². The van der Waals surface area contributed by atoms with Crippen LogP contribution in [-0.2, 0) is 14.3 Å². The smallest absolute Gasteiger partial charge is 0.227 e. The van der Waals surface area contributed by atoms with Crippen LogP contribution >= 0.6 is 0 Å². The van der Waals surface area contributed by atoms with Crippen molar-refractivity contribution in [1.82, 2.24) is 9.80 Å². The van der Waals surface area contributed by atoms with Gasteiger partial charge in [0.15, 0.2) is 5.78 Å². The van der Waals surface area contributed by atoms with E-state index < -0.39 is 17.8 Å². The molecule has 0 spiro atoms. The molecule has 2 saturated heterocycles. The third-order valence-corrected chi connectivity index (χ3v) is 7.09. The fourth-order valence-electron chi connectivity index (χ4n) is 5.27. The van der Waals surface area contributed by atoms with E-state index in [2.05, 4.69) is 4.90 Å². The van der Waals surface area contributed by atoms with E-state index in [1.54, 1.807) is 20.1 Å². The molecule has 1 amide bonds. The Morgan fingerprint density at radius 3 is 2.44 bits per heavy atom. The molecule has 0 N–H and O–H groups in total. The summed E-state index contributed by atoms with van der Waals surface area (Å²) >= 11 is 0. The number of morpholine rings is 1. The highest BCUT2D eigenvalue weighted by molar-refractivity contribution is 5.99. The Bertz CT molecular complexity index is 993. The van der Waals surface area contributed by atoms with Crippen molar-refractivity contribution in [3.63, 3.8) is 0 Å². The van der Waals surface area contributed by atoms with Gasteiger partial charge in [0, 0.05) is 57.2 Å². The van der Waals surface area contributed by atoms with Gasteiger partial charge in [-0.1, -0.05) is 42.5 Å². The maximum Gasteiger partial charge on any atom is 0.227 e. The zero-order valence-corrected chi connectivity index (χ0v) is 19.9. The number of rotatable bonds is 7. The van der Waals surface area contributed by atoms with Crippen LogP contribution in [0.15, 0.2) is 48.5 Å². The van der Waals surface area contributed by atoms with Gasteiger partial charge in [0.25, 0.3) is 0 Å². The summed E-state index contributed by atoms with van der Waals surface area (Å²) in [5.41, 5.74) is 1.86. The van der Waals surface area contributed by atoms with E-state index >= 15 is 0 Å². The van der Waals surface area contributed by atoms with E-state index in [1.165, 1.54) is 6.07 Å². The number of amides is 1. The molecule has 2 aromatic carbocycles. The molecule has 7 heteroatoms. The van der Waals surface area contributed by atoms with Crippen LogP contribution in [0, 0.1) is 24.6 Å². The van der Waals surface area contributed by atoms with Gasteiger partial charge >= 0.3 is 0 Å². The molecule has 0 aliphatic carbocycles. The number of carbonyl (C=O) groups is 2. The van der Waals surface area contributed by atoms with Gasteiger partial charge in [0.2, 0.25) is 5.91 Å². The monoisotopic (exact) mass is 468 g/mol. The predicted octanol–water partition coefficient (Wildman–Crippen LogP) is 3.15. The number of likely N-dealkylation sites (tertiary alicyclic amines) is 1. The lowest BCUT2D eigenvalue weighted by Crippen LogP contribution is -2.55. The number of hydrogen-bond donors (Lipinski definition) is 0. The van der Waals surface area contributed by atoms with E-state index in [0.29, 0.717) is 63.7 Å². The van der Waals surface area contributed by atoms with Crippen LogP contribution < -0.4 is 0 Å². The van der Waals surface area contributed by atoms with Crippen molar-refractivity contribution in [2.75, 3.05) is 59.7 Å². The van der Waals surface area contributed by atoms with Crippen molar-refractivity contribution >= 4 is 11.7 Å². The first-order valence-corrected chi connectivity index (χ1v) is 11.9. The van der Waals surface area contributed by atoms with Crippen LogP contribution in [0.1, 0.15) is 27.4 Å². The summed E-state index contributed by atoms with van der Waals surface area (Å²) in [4.78, 5) is 31.7. The molecule has 0 radical (unpaired) electrons. The Morgan fingerprint density at radius 2 is 1.74 bits per heavy atom. The summed E-state index contributed by atoms with van der Waals surface area (Å²) in [5.74, 6) is -1.70. The molecular weight excluding hydrogens is 435 g/mol. The number of ether oxygens (including phenoxy) is 2. The molecule has 0 bridgehead atoms. The lowest BCUT2D eigenvalue weighted by atomic mass is 9.69. The third kappa shape index (κ3) is 5.22. The van der Waals surface area contributed by atoms with E-state index in [-0.39, 0.29) is 17.5 Å². The number of halogens is 1. The number of benzene rings is 2. The number of hydrogen-bond acceptors (Lipinski definition) is 5. The van der Waals surface area contributed by atoms with Crippen LogP contribution in [-0.4, -0.2) is 81.1 Å². The number of piperidine rings is 1. The molecule has 34 heavy (non-hydrogen) atoms. The lowest BCUT2D eigenvalue weighted by molar-refractivity contribution is -0.143. The largest absolute Gasteiger partial charge is 0.383 e. The minimum atomic E-state index is -0.483. The van der Waals surface area contributed by atoms with Gasteiger partial charge < -0.3 is 14.4 Å². The topological polar surface area (TPSA) is 59.1 Å². The molecular formula is C27H33FN2O4. The summed E-state index contributed by atoms with van der Waals surface area (Å²) in [5, 5.41) is 0. The average molecular weight is 469 g/mol. The molecule has 182 valence electrons. The Kier molecular flexibility index (Phi) is 8.08. The number of ketones is 1. The molecule has 2 heterocycles. The summed E-state index contributed by atoms with van der Waals surface area (Å²) in [7, 11) is 1.64. The fraction of sp³-hybridized carbons (Fsp3) is 0.481. The molecule has 2 aliphatic heterocycles. The maximum atomic E-state index is 14.7. The van der Waals surface area contributed by atoms with Gasteiger partial charge in [-0.3, -0.25) is 14.5 Å². The van der Waals surface area contributed by atoms with Crippen molar-refractivity contribution < 1.29 is 23.5 Å². The van der Waals surface area contributed by atoms with Crippen LogP contribution in [0.4, 0.5) is 4.39 Å². The van der Waals surface area contributed by atoms with Crippen molar-refractivity contribution in [1.29, 1.82) is 0 Å². The molecule has 0 unspecified atom stereocenters. The van der Waals surface area contributed by atoms with E-state index in [9.17, 15) is 14.0 Å². The van der Waals surface area contributed by atoms with Gasteiger partial charge in [0.05, 0.1) is 25.7 Å². The molecule has 0 aromatic heterocycles. The summed E-state index contributed by atoms with van der Waals surface area (Å²) in [6.07, 6.45) is 0. The quantitative estimate of drug-likeness (QED) is 0.585. The normalized spacial score (nSPS) is 23.6. The minimum absolute atomic E-state index is 0.00457. The Morgan fingerprint density at radius 1 is 1.03 bits per heavy atom. The van der Waals surface area contributed by atoms with Crippen LogP contribution in [0.5, 0.6) is 0 Å². The van der Waals surface area contributed by atoms with Crippen LogP contribution in [0.3, 0.4) is 0 Å². The Balaban J connectivity index is 1.78. The Labute approximate surface area is 200 Å². The highest BCUT2D eigenvalue weighted by atomic mass is 19.1. The van der Waals surface area contributed by atoms with Crippen molar-refractivity contribution in [3.05, 3.63) is 71.0 Å². The molecule has 0 saturated carbocycles. The summed E-state index contributed by atoms with van der Waals surface area (Å²) in [6.45, 7) is 5.92. The molecule has 3 atom stereocenters. The van der Waals surface area contributed by atoms with Gasteiger partial charge in [-0.25, -0.2) is 4.39 Å². The second kappa shape index (κ2) is 11.2. The van der Waals surface area contributed by atoms with Crippen LogP contribution in [0.25, 0.3) is 0 Å². The number of nitrogens with zero attached hydrogens (tertiary/aromatic N) is 2. The van der Waals surface area contributed by atoms with E-state index in [0.717, 1.165) is 5.56 Å². The van der Waals surface area contributed by atoms with Crippen molar-refractivity contribution in [2.24, 2.45) is 11.8 Å². The molecule has 4 rings (SSSR count). The first-order chi connectivity index (χ1) is 16.5. The molecule has 6 nitrogen and oxygen atoms in total. The summed E-state index contributed by atoms with van der Waals surface area (Å²) < 4.78 is 25.4. The average Bonchev–Trinajstić information content (AvgIpc) is 2.89. The zero-order chi connectivity index (χ0) is 24.1. The lowest BCUT2D eigenvalue weighted by Gasteiger charge is -2.45. The highest BCUT2D eigenvalue weighted by Gasteiger charge is 2.46. The summed E-state index contributed by atoms with van der Waals surface area (Å²) in [6, 6.07) is 14.2. The number of carbonyl (C=O) groups excluding carboxylic acids is 2. The second-order valence-electron chi connectivity index (χ2n) is 9.11. The van der Waals surface area contributed by atoms with E-state index in [4.69, 9.17) is 9.47 Å². The Hall–Kier alpha value is -2.61. The first-order valence-electron chi connectivity index (χ1n) is 11.9. The second-order valence-corrected chi connectivity index (χ2v) is 9.11. The van der Waals surface area contributed by atoms with Gasteiger partial charge in [-0.15, -0.1) is 0 Å². The maximum absolute atomic E-state index is 14.7. The molecule has 2 aromatic rings. The predicted molar refractivity (Wildman–Crippen MR) is 127 cm³/mol. The SMILES string of the molecule is COCCN1C[C@H](C(=O)c2ccccc2)[C@H](c2cccc(F)c2C)[C@@H](C(=O)N2CCOCC2)C1. The van der Waals surface area contributed by atoms with Gasteiger partial charge in [-0.2, -0.15) is 0 Å². The van der Waals surface area contributed by atoms with Crippen LogP contribution in [0.2, 0.25) is 0 Å². The standard InChI is InChI=1S/C27H33FN2O4/c1-19-21(9-6-10-24(19)28)25-22(26(31)20-7-4-3-5-8-20)17-29(11-14-33-2)18-23(25)27(32)30-12-15-34-16-13-30/h3-10,22-23,25H,11-18H2,1-2H3/t22-,23-,25-/m0/s1. The fourth-order valence-corrected chi connectivity index (χ4v) is 5.27. The van der Waals surface area contributed by atoms with Gasteiger partial charge in [-0.05, 0) is 24.1 Å². The zero-order valence-electron chi connectivity index (χ0n) is 19.9. The van der Waals surface area contributed by atoms with Crippen molar-refractivity contribution in [2.45, 2.75) is 12.8 Å². The highest BCUT2D eigenvalue weighted by Crippen LogP contribution is 2.41.